The summed E-state index contributed by atoms with van der Waals surface area (Å²) in [4.78, 5) is -0.772. The number of anilines is 1. The van der Waals surface area contributed by atoms with E-state index in [1.54, 1.807) is 6.92 Å². The molecule has 0 aliphatic heterocycles. The van der Waals surface area contributed by atoms with Crippen LogP contribution in [0.15, 0.2) is 29.2 Å². The summed E-state index contributed by atoms with van der Waals surface area (Å²) in [7, 11) is -5.36. The first-order valence-corrected chi connectivity index (χ1v) is 7.02. The highest BCUT2D eigenvalue weighted by Crippen LogP contribution is 2.34. The van der Waals surface area contributed by atoms with Crippen LogP contribution in [0.25, 0.3) is 0 Å². The first-order valence-electron chi connectivity index (χ1n) is 5.54. The Hall–Kier alpha value is -1.28. The summed E-state index contributed by atoms with van der Waals surface area (Å²) in [5.74, 6) is 0.0154. The number of hydrogen-bond donors (Lipinski definition) is 2. The third kappa shape index (κ3) is 3.60. The molecule has 1 aromatic rings. The molecule has 0 saturated carbocycles. The molecule has 8 heteroatoms. The lowest BCUT2D eigenvalue weighted by Gasteiger charge is -2.16. The molecule has 0 bridgehead atoms. The number of nitrogens with two attached hydrogens (primary N) is 1. The first-order chi connectivity index (χ1) is 8.70. The van der Waals surface area contributed by atoms with E-state index in [0.29, 0.717) is 13.1 Å². The molecule has 0 aliphatic carbocycles. The number of nitrogens with one attached hydrogen (secondary N) is 1. The van der Waals surface area contributed by atoms with Gasteiger partial charge in [0.1, 0.15) is 0 Å². The fraction of sp³-hybridized carbons (Fsp3) is 0.455. The third-order valence-electron chi connectivity index (χ3n) is 2.52. The number of alkyl halides is 3. The molecule has 0 aromatic heterocycles. The highest BCUT2D eigenvalue weighted by molar-refractivity contribution is 7.92. The van der Waals surface area contributed by atoms with Gasteiger partial charge in [0.05, 0.1) is 10.6 Å². The maximum atomic E-state index is 12.5. The van der Waals surface area contributed by atoms with Crippen molar-refractivity contribution in [2.24, 2.45) is 11.7 Å². The van der Waals surface area contributed by atoms with Gasteiger partial charge in [-0.1, -0.05) is 19.1 Å². The van der Waals surface area contributed by atoms with Crippen molar-refractivity contribution >= 4 is 15.5 Å². The van der Waals surface area contributed by atoms with Gasteiger partial charge < -0.3 is 11.1 Å². The number of benzene rings is 1. The van der Waals surface area contributed by atoms with E-state index in [9.17, 15) is 21.6 Å². The van der Waals surface area contributed by atoms with Crippen LogP contribution in [0, 0.1) is 5.92 Å². The topological polar surface area (TPSA) is 72.2 Å². The van der Waals surface area contributed by atoms with E-state index >= 15 is 0 Å². The fourth-order valence-corrected chi connectivity index (χ4v) is 2.28. The Morgan fingerprint density at radius 2 is 1.89 bits per heavy atom. The van der Waals surface area contributed by atoms with E-state index in [0.717, 1.165) is 6.07 Å². The molecule has 0 heterocycles. The lowest BCUT2D eigenvalue weighted by molar-refractivity contribution is -0.0435. The highest BCUT2D eigenvalue weighted by Gasteiger charge is 2.47. The summed E-state index contributed by atoms with van der Waals surface area (Å²) >= 11 is 0. The molecule has 0 amide bonds. The van der Waals surface area contributed by atoms with Crippen molar-refractivity contribution in [1.29, 1.82) is 0 Å². The second-order valence-corrected chi connectivity index (χ2v) is 6.08. The Morgan fingerprint density at radius 3 is 2.42 bits per heavy atom. The predicted molar refractivity (Wildman–Crippen MR) is 66.4 cm³/mol. The Balaban J connectivity index is 3.10. The molecule has 108 valence electrons. The number of halogens is 3. The van der Waals surface area contributed by atoms with E-state index < -0.39 is 20.2 Å². The van der Waals surface area contributed by atoms with Crippen molar-refractivity contribution in [3.63, 3.8) is 0 Å². The lowest BCUT2D eigenvalue weighted by atomic mass is 10.2. The van der Waals surface area contributed by atoms with Crippen LogP contribution in [0.4, 0.5) is 18.9 Å². The maximum absolute atomic E-state index is 12.5. The zero-order chi connectivity index (χ0) is 14.7. The first kappa shape index (κ1) is 15.8. The van der Waals surface area contributed by atoms with Crippen LogP contribution in [0.1, 0.15) is 6.92 Å². The largest absolute Gasteiger partial charge is 0.501 e. The minimum atomic E-state index is -5.36. The van der Waals surface area contributed by atoms with E-state index in [2.05, 4.69) is 5.32 Å². The molecule has 0 fully saturated rings. The Labute approximate surface area is 109 Å². The van der Waals surface area contributed by atoms with Crippen molar-refractivity contribution in [1.82, 2.24) is 0 Å². The van der Waals surface area contributed by atoms with Crippen LogP contribution >= 0.6 is 0 Å². The summed E-state index contributed by atoms with van der Waals surface area (Å²) in [6, 6.07) is 4.93. The Bertz CT molecular complexity index is 529. The van der Waals surface area contributed by atoms with Crippen molar-refractivity contribution in [2.45, 2.75) is 17.3 Å². The minimum absolute atomic E-state index is 0.0154. The van der Waals surface area contributed by atoms with Crippen LogP contribution in [0.2, 0.25) is 0 Å². The summed E-state index contributed by atoms with van der Waals surface area (Å²) in [6.07, 6.45) is 0. The van der Waals surface area contributed by atoms with E-state index in [1.807, 2.05) is 0 Å². The zero-order valence-corrected chi connectivity index (χ0v) is 11.1. The Morgan fingerprint density at radius 1 is 1.32 bits per heavy atom. The average molecular weight is 296 g/mol. The molecule has 3 N–H and O–H groups in total. The van der Waals surface area contributed by atoms with Crippen LogP contribution in [-0.2, 0) is 9.84 Å². The zero-order valence-electron chi connectivity index (χ0n) is 10.2. The molecule has 1 rings (SSSR count). The molecule has 1 aromatic carbocycles. The van der Waals surface area contributed by atoms with Crippen molar-refractivity contribution in [3.8, 4) is 0 Å². The second kappa shape index (κ2) is 5.79. The van der Waals surface area contributed by atoms with Gasteiger partial charge >= 0.3 is 5.51 Å². The normalized spacial score (nSPS) is 14.2. The van der Waals surface area contributed by atoms with E-state index in [-0.39, 0.29) is 11.6 Å². The number of rotatable bonds is 5. The molecule has 0 aliphatic rings. The lowest BCUT2D eigenvalue weighted by Crippen LogP contribution is -2.25. The summed E-state index contributed by atoms with van der Waals surface area (Å²) in [6.45, 7) is 2.44. The van der Waals surface area contributed by atoms with Crippen LogP contribution in [-0.4, -0.2) is 27.0 Å². The van der Waals surface area contributed by atoms with Gasteiger partial charge in [-0.05, 0) is 24.6 Å². The average Bonchev–Trinajstić information content (AvgIpc) is 2.34. The standard InChI is InChI=1S/C11H15F3N2O2S/c1-8(6-15)7-16-9-4-2-3-5-10(9)19(17,18)11(12,13)14/h2-5,8,16H,6-7,15H2,1H3. The molecule has 19 heavy (non-hydrogen) atoms. The van der Waals surface area contributed by atoms with Crippen molar-refractivity contribution < 1.29 is 21.6 Å². The SMILES string of the molecule is CC(CN)CNc1ccccc1S(=O)(=O)C(F)(F)F. The summed E-state index contributed by atoms with van der Waals surface area (Å²) in [5.41, 5.74) is 0.00650. The van der Waals surface area contributed by atoms with Crippen LogP contribution in [0.5, 0.6) is 0 Å². The summed E-state index contributed by atoms with van der Waals surface area (Å²) in [5, 5.41) is 2.68. The second-order valence-electron chi connectivity index (χ2n) is 4.17. The molecule has 1 unspecified atom stereocenters. The van der Waals surface area contributed by atoms with Gasteiger partial charge in [0.15, 0.2) is 0 Å². The van der Waals surface area contributed by atoms with Crippen LogP contribution in [0.3, 0.4) is 0 Å². The highest BCUT2D eigenvalue weighted by atomic mass is 32.2. The summed E-state index contributed by atoms with van der Waals surface area (Å²) < 4.78 is 60.4. The van der Waals surface area contributed by atoms with E-state index in [1.165, 1.54) is 18.2 Å². The maximum Gasteiger partial charge on any atom is 0.501 e. The number of para-hydroxylation sites is 1. The van der Waals surface area contributed by atoms with Crippen LogP contribution < -0.4 is 11.1 Å². The minimum Gasteiger partial charge on any atom is -0.384 e. The molecule has 0 radical (unpaired) electrons. The molecular formula is C11H15F3N2O2S. The molecule has 0 spiro atoms. The van der Waals surface area contributed by atoms with Gasteiger partial charge in [-0.3, -0.25) is 0 Å². The van der Waals surface area contributed by atoms with E-state index in [4.69, 9.17) is 5.73 Å². The third-order valence-corrected chi connectivity index (χ3v) is 4.07. The van der Waals surface area contributed by atoms with Gasteiger partial charge in [0.2, 0.25) is 0 Å². The van der Waals surface area contributed by atoms with Crippen molar-refractivity contribution in [3.05, 3.63) is 24.3 Å². The predicted octanol–water partition coefficient (Wildman–Crippen LogP) is 1.99. The van der Waals surface area contributed by atoms with Gasteiger partial charge in [-0.2, -0.15) is 13.2 Å². The van der Waals surface area contributed by atoms with Crippen molar-refractivity contribution in [2.75, 3.05) is 18.4 Å². The molecule has 1 atom stereocenters. The molecule has 4 nitrogen and oxygen atoms in total. The number of sulfone groups is 1. The van der Waals surface area contributed by atoms with Gasteiger partial charge in [0, 0.05) is 6.54 Å². The fourth-order valence-electron chi connectivity index (χ4n) is 1.34. The van der Waals surface area contributed by atoms with Gasteiger partial charge in [0.25, 0.3) is 9.84 Å². The smallest absolute Gasteiger partial charge is 0.384 e. The van der Waals surface area contributed by atoms with Gasteiger partial charge in [-0.25, -0.2) is 8.42 Å². The monoisotopic (exact) mass is 296 g/mol. The quantitative estimate of drug-likeness (QED) is 0.871. The number of hydrogen-bond acceptors (Lipinski definition) is 4. The Kier molecular flexibility index (Phi) is 4.81. The van der Waals surface area contributed by atoms with Gasteiger partial charge in [-0.15, -0.1) is 0 Å². The molecular weight excluding hydrogens is 281 g/mol. The molecule has 0 saturated heterocycles.